The Morgan fingerprint density at radius 3 is 2.53 bits per heavy atom. The van der Waals surface area contributed by atoms with E-state index in [1.54, 1.807) is 0 Å². The summed E-state index contributed by atoms with van der Waals surface area (Å²) in [6, 6.07) is 0.319. The quantitative estimate of drug-likeness (QED) is 0.748. The van der Waals surface area contributed by atoms with Gasteiger partial charge in [0, 0.05) is 19.0 Å². The van der Waals surface area contributed by atoms with E-state index in [2.05, 4.69) is 0 Å². The van der Waals surface area contributed by atoms with Gasteiger partial charge in [-0.1, -0.05) is 12.8 Å². The van der Waals surface area contributed by atoms with Crippen molar-refractivity contribution in [1.29, 1.82) is 0 Å². The van der Waals surface area contributed by atoms with Gasteiger partial charge in [-0.15, -0.1) is 0 Å². The van der Waals surface area contributed by atoms with Crippen molar-refractivity contribution in [2.75, 3.05) is 6.54 Å². The number of amides is 1. The van der Waals surface area contributed by atoms with E-state index < -0.39 is 5.97 Å². The van der Waals surface area contributed by atoms with E-state index in [0.717, 1.165) is 12.8 Å². The summed E-state index contributed by atoms with van der Waals surface area (Å²) in [6.45, 7) is 0.429. The Labute approximate surface area is 89.3 Å². The first kappa shape index (κ1) is 10.5. The third-order valence-electron chi connectivity index (χ3n) is 3.56. The van der Waals surface area contributed by atoms with Crippen LogP contribution in [0.5, 0.6) is 0 Å². The average Bonchev–Trinajstić information content (AvgIpc) is 2.71. The van der Waals surface area contributed by atoms with E-state index >= 15 is 0 Å². The molecule has 1 aliphatic heterocycles. The molecular formula is C11H17NO3. The molecule has 0 spiro atoms. The van der Waals surface area contributed by atoms with Gasteiger partial charge in [0.05, 0.1) is 5.92 Å². The van der Waals surface area contributed by atoms with E-state index in [4.69, 9.17) is 5.11 Å². The maximum Gasteiger partial charge on any atom is 0.308 e. The molecule has 15 heavy (non-hydrogen) atoms. The predicted octanol–water partition coefficient (Wildman–Crippen LogP) is 1.25. The molecule has 1 amide bonds. The van der Waals surface area contributed by atoms with Crippen LogP contribution in [-0.2, 0) is 9.59 Å². The molecule has 0 aromatic carbocycles. The van der Waals surface area contributed by atoms with E-state index in [0.29, 0.717) is 25.4 Å². The van der Waals surface area contributed by atoms with Crippen molar-refractivity contribution >= 4 is 11.9 Å². The highest BCUT2D eigenvalue weighted by Gasteiger charge is 2.34. The Morgan fingerprint density at radius 2 is 1.93 bits per heavy atom. The minimum Gasteiger partial charge on any atom is -0.481 e. The number of aliphatic carboxylic acids is 1. The minimum atomic E-state index is -0.759. The summed E-state index contributed by atoms with van der Waals surface area (Å²) in [4.78, 5) is 24.4. The first-order valence-electron chi connectivity index (χ1n) is 5.71. The van der Waals surface area contributed by atoms with Gasteiger partial charge in [0.2, 0.25) is 5.91 Å². The number of carbonyl (C=O) groups is 2. The van der Waals surface area contributed by atoms with Crippen molar-refractivity contribution in [3.05, 3.63) is 0 Å². The van der Waals surface area contributed by atoms with Crippen LogP contribution in [0, 0.1) is 5.92 Å². The van der Waals surface area contributed by atoms with Crippen LogP contribution in [0.25, 0.3) is 0 Å². The van der Waals surface area contributed by atoms with Gasteiger partial charge in [0.25, 0.3) is 0 Å². The van der Waals surface area contributed by atoms with E-state index in [9.17, 15) is 9.59 Å². The molecule has 1 N–H and O–H groups in total. The van der Waals surface area contributed by atoms with Gasteiger partial charge in [-0.3, -0.25) is 9.59 Å². The highest BCUT2D eigenvalue weighted by Crippen LogP contribution is 2.28. The lowest BCUT2D eigenvalue weighted by molar-refractivity contribution is -0.148. The molecule has 0 aromatic rings. The second kappa shape index (κ2) is 4.21. The van der Waals surface area contributed by atoms with Gasteiger partial charge in [-0.2, -0.15) is 0 Å². The number of carbonyl (C=O) groups excluding carboxylic acids is 1. The lowest BCUT2D eigenvalue weighted by atomic mass is 9.96. The Kier molecular flexibility index (Phi) is 2.93. The number of carboxylic acid groups (broad SMARTS) is 1. The summed E-state index contributed by atoms with van der Waals surface area (Å²) in [7, 11) is 0. The summed E-state index contributed by atoms with van der Waals surface area (Å²) in [5.41, 5.74) is 0. The van der Waals surface area contributed by atoms with Crippen molar-refractivity contribution in [2.24, 2.45) is 5.92 Å². The summed E-state index contributed by atoms with van der Waals surface area (Å²) in [5.74, 6) is -0.951. The second-order valence-corrected chi connectivity index (χ2v) is 4.56. The highest BCUT2D eigenvalue weighted by atomic mass is 16.4. The number of likely N-dealkylation sites (tertiary alicyclic amines) is 1. The summed E-state index contributed by atoms with van der Waals surface area (Å²) < 4.78 is 0. The van der Waals surface area contributed by atoms with E-state index in [1.165, 1.54) is 12.8 Å². The van der Waals surface area contributed by atoms with Crippen LogP contribution in [0.1, 0.15) is 38.5 Å². The van der Waals surface area contributed by atoms with Crippen molar-refractivity contribution in [3.8, 4) is 0 Å². The van der Waals surface area contributed by atoms with Crippen LogP contribution in [0.2, 0.25) is 0 Å². The van der Waals surface area contributed by atoms with Crippen LogP contribution in [0.3, 0.4) is 0 Å². The molecule has 1 saturated heterocycles. The van der Waals surface area contributed by atoms with Gasteiger partial charge >= 0.3 is 5.97 Å². The van der Waals surface area contributed by atoms with Gasteiger partial charge in [0.1, 0.15) is 0 Å². The summed E-state index contributed by atoms with van der Waals surface area (Å²) in [5, 5.41) is 8.95. The molecule has 4 heteroatoms. The highest BCUT2D eigenvalue weighted by molar-refractivity contribution is 5.80. The fourth-order valence-electron chi connectivity index (χ4n) is 2.64. The molecule has 2 aliphatic rings. The maximum absolute atomic E-state index is 11.7. The Morgan fingerprint density at radius 1 is 1.27 bits per heavy atom. The average molecular weight is 211 g/mol. The predicted molar refractivity (Wildman–Crippen MR) is 54.3 cm³/mol. The third kappa shape index (κ3) is 2.13. The number of nitrogens with zero attached hydrogens (tertiary/aromatic N) is 1. The van der Waals surface area contributed by atoms with Crippen LogP contribution in [0.4, 0.5) is 0 Å². The van der Waals surface area contributed by atoms with Crippen LogP contribution < -0.4 is 0 Å². The van der Waals surface area contributed by atoms with Gasteiger partial charge in [-0.25, -0.2) is 0 Å². The fourth-order valence-corrected chi connectivity index (χ4v) is 2.64. The number of carboxylic acids is 1. The smallest absolute Gasteiger partial charge is 0.308 e. The first-order valence-corrected chi connectivity index (χ1v) is 5.71. The molecule has 4 nitrogen and oxygen atoms in total. The minimum absolute atomic E-state index is 0.152. The third-order valence-corrected chi connectivity index (χ3v) is 3.56. The molecule has 0 aromatic heterocycles. The van der Waals surface area contributed by atoms with Crippen molar-refractivity contribution in [3.63, 3.8) is 0 Å². The maximum atomic E-state index is 11.7. The molecule has 1 aliphatic carbocycles. The molecule has 1 heterocycles. The standard InChI is InChI=1S/C11H17NO3/c13-10-6-5-8(11(14)15)7-12(10)9-3-1-2-4-9/h8-9H,1-7H2,(H,14,15)/t8-/m0/s1. The lowest BCUT2D eigenvalue weighted by Gasteiger charge is -2.35. The molecule has 0 bridgehead atoms. The van der Waals surface area contributed by atoms with Crippen LogP contribution >= 0.6 is 0 Å². The summed E-state index contributed by atoms with van der Waals surface area (Å²) >= 11 is 0. The van der Waals surface area contributed by atoms with Gasteiger partial charge < -0.3 is 10.0 Å². The zero-order chi connectivity index (χ0) is 10.8. The van der Waals surface area contributed by atoms with Crippen molar-refractivity contribution in [2.45, 2.75) is 44.6 Å². The topological polar surface area (TPSA) is 57.6 Å². The Bertz CT molecular complexity index is 271. The largest absolute Gasteiger partial charge is 0.481 e. The SMILES string of the molecule is O=C(O)[C@H]1CCC(=O)N(C2CCCC2)C1. The molecular weight excluding hydrogens is 194 g/mol. The van der Waals surface area contributed by atoms with Crippen LogP contribution in [0.15, 0.2) is 0 Å². The fraction of sp³-hybridized carbons (Fsp3) is 0.818. The zero-order valence-electron chi connectivity index (χ0n) is 8.82. The molecule has 1 saturated carbocycles. The molecule has 2 fully saturated rings. The summed E-state index contributed by atoms with van der Waals surface area (Å²) in [6.07, 6.45) is 5.37. The first-order chi connectivity index (χ1) is 7.18. The van der Waals surface area contributed by atoms with Gasteiger partial charge in [0.15, 0.2) is 0 Å². The Balaban J connectivity index is 2.01. The van der Waals surface area contributed by atoms with E-state index in [-0.39, 0.29) is 11.8 Å². The monoisotopic (exact) mass is 211 g/mol. The Hall–Kier alpha value is -1.06. The molecule has 2 rings (SSSR count). The number of hydrogen-bond donors (Lipinski definition) is 1. The second-order valence-electron chi connectivity index (χ2n) is 4.56. The van der Waals surface area contributed by atoms with E-state index in [1.807, 2.05) is 4.90 Å². The molecule has 84 valence electrons. The molecule has 1 atom stereocenters. The molecule has 0 unspecified atom stereocenters. The van der Waals surface area contributed by atoms with Crippen LogP contribution in [-0.4, -0.2) is 34.5 Å². The van der Waals surface area contributed by atoms with Crippen molar-refractivity contribution < 1.29 is 14.7 Å². The van der Waals surface area contributed by atoms with Crippen molar-refractivity contribution in [1.82, 2.24) is 4.90 Å². The molecule has 0 radical (unpaired) electrons. The normalized spacial score (nSPS) is 28.4. The number of piperidine rings is 1. The number of hydrogen-bond acceptors (Lipinski definition) is 2. The van der Waals surface area contributed by atoms with Gasteiger partial charge in [-0.05, 0) is 19.3 Å². The number of rotatable bonds is 2. The zero-order valence-corrected chi connectivity index (χ0v) is 8.82. The lowest BCUT2D eigenvalue weighted by Crippen LogP contribution is -2.47.